The van der Waals surface area contributed by atoms with Gasteiger partial charge in [0.25, 0.3) is 0 Å². The minimum atomic E-state index is -0.925. The third kappa shape index (κ3) is 5.18. The molecule has 1 atom stereocenters. The molecule has 1 unspecified atom stereocenters. The number of benzene rings is 1. The SMILES string of the molecule is CCOC(=O)C1Oc2cccc(OC)c2C=C1CN(CCC(C)C)C(=O)OC. The van der Waals surface area contributed by atoms with Crippen LogP contribution in [0.15, 0.2) is 23.8 Å². The van der Waals surface area contributed by atoms with E-state index in [0.29, 0.717) is 29.5 Å². The average molecular weight is 391 g/mol. The van der Waals surface area contributed by atoms with Gasteiger partial charge >= 0.3 is 12.1 Å². The van der Waals surface area contributed by atoms with Crippen molar-refractivity contribution in [3.8, 4) is 11.5 Å². The fraction of sp³-hybridized carbons (Fsp3) is 0.524. The van der Waals surface area contributed by atoms with Gasteiger partial charge in [-0.3, -0.25) is 0 Å². The molecular formula is C21H29NO6. The number of amides is 1. The topological polar surface area (TPSA) is 74.3 Å². The molecule has 7 heteroatoms. The van der Waals surface area contributed by atoms with Crippen LogP contribution in [0.1, 0.15) is 32.8 Å². The Kier molecular flexibility index (Phi) is 7.72. The second-order valence-electron chi connectivity index (χ2n) is 6.92. The van der Waals surface area contributed by atoms with Crippen molar-refractivity contribution in [3.05, 3.63) is 29.3 Å². The summed E-state index contributed by atoms with van der Waals surface area (Å²) in [6.45, 7) is 6.85. The number of esters is 1. The van der Waals surface area contributed by atoms with Crippen LogP contribution in [-0.4, -0.2) is 57.0 Å². The highest BCUT2D eigenvalue weighted by atomic mass is 16.6. The Morgan fingerprint density at radius 1 is 1.25 bits per heavy atom. The van der Waals surface area contributed by atoms with Crippen LogP contribution in [0.25, 0.3) is 6.08 Å². The Balaban J connectivity index is 2.39. The molecule has 0 N–H and O–H groups in total. The van der Waals surface area contributed by atoms with Gasteiger partial charge in [0.1, 0.15) is 11.5 Å². The fourth-order valence-corrected chi connectivity index (χ4v) is 2.96. The number of fused-ring (bicyclic) bond motifs is 1. The van der Waals surface area contributed by atoms with E-state index in [2.05, 4.69) is 13.8 Å². The Hall–Kier alpha value is -2.70. The van der Waals surface area contributed by atoms with Gasteiger partial charge in [0.2, 0.25) is 6.10 Å². The molecule has 0 saturated carbocycles. The predicted octanol–water partition coefficient (Wildman–Crippen LogP) is 3.52. The first-order valence-corrected chi connectivity index (χ1v) is 9.44. The minimum Gasteiger partial charge on any atom is -0.496 e. The highest BCUT2D eigenvalue weighted by Crippen LogP contribution is 2.36. The highest BCUT2D eigenvalue weighted by molar-refractivity contribution is 5.84. The Bertz CT molecular complexity index is 728. The predicted molar refractivity (Wildman–Crippen MR) is 105 cm³/mol. The van der Waals surface area contributed by atoms with Crippen molar-refractivity contribution < 1.29 is 28.5 Å². The van der Waals surface area contributed by atoms with Gasteiger partial charge in [-0.05, 0) is 37.5 Å². The summed E-state index contributed by atoms with van der Waals surface area (Å²) < 4.78 is 21.5. The zero-order chi connectivity index (χ0) is 20.7. The average Bonchev–Trinajstić information content (AvgIpc) is 2.69. The van der Waals surface area contributed by atoms with Gasteiger partial charge in [-0.1, -0.05) is 19.9 Å². The lowest BCUT2D eigenvalue weighted by molar-refractivity contribution is -0.149. The summed E-state index contributed by atoms with van der Waals surface area (Å²) in [7, 11) is 2.92. The molecule has 0 spiro atoms. The van der Waals surface area contributed by atoms with E-state index in [1.807, 2.05) is 12.1 Å². The summed E-state index contributed by atoms with van der Waals surface area (Å²) >= 11 is 0. The van der Waals surface area contributed by atoms with Crippen molar-refractivity contribution in [3.63, 3.8) is 0 Å². The lowest BCUT2D eigenvalue weighted by atomic mass is 10.00. The van der Waals surface area contributed by atoms with E-state index in [1.165, 1.54) is 7.11 Å². The number of rotatable bonds is 8. The van der Waals surface area contributed by atoms with Gasteiger partial charge in [0, 0.05) is 18.7 Å². The van der Waals surface area contributed by atoms with E-state index in [1.54, 1.807) is 31.1 Å². The summed E-state index contributed by atoms with van der Waals surface area (Å²) in [5.74, 6) is 1.10. The molecule has 0 radical (unpaired) electrons. The van der Waals surface area contributed by atoms with Crippen LogP contribution < -0.4 is 9.47 Å². The second-order valence-corrected chi connectivity index (χ2v) is 6.92. The molecule has 154 valence electrons. The third-order valence-corrected chi connectivity index (χ3v) is 4.44. The molecular weight excluding hydrogens is 362 g/mol. The molecule has 2 rings (SSSR count). The maximum atomic E-state index is 12.5. The molecule has 7 nitrogen and oxygen atoms in total. The van der Waals surface area contributed by atoms with Crippen LogP contribution >= 0.6 is 0 Å². The molecule has 1 aromatic rings. The highest BCUT2D eigenvalue weighted by Gasteiger charge is 2.33. The van der Waals surface area contributed by atoms with Crippen LogP contribution in [0, 0.1) is 5.92 Å². The van der Waals surface area contributed by atoms with Gasteiger partial charge < -0.3 is 23.8 Å². The standard InChI is InChI=1S/C21H29NO6/c1-6-27-20(23)19-15(13-22(21(24)26-5)11-10-14(2)3)12-16-17(25-4)8-7-9-18(16)28-19/h7-9,12,14,19H,6,10-11,13H2,1-5H3. The van der Waals surface area contributed by atoms with Crippen molar-refractivity contribution in [2.24, 2.45) is 5.92 Å². The van der Waals surface area contributed by atoms with Gasteiger partial charge in [-0.2, -0.15) is 0 Å². The van der Waals surface area contributed by atoms with Crippen molar-refractivity contribution in [1.82, 2.24) is 4.90 Å². The number of methoxy groups -OCH3 is 2. The van der Waals surface area contributed by atoms with Gasteiger partial charge in [0.05, 0.1) is 26.4 Å². The molecule has 1 aromatic carbocycles. The number of ether oxygens (including phenoxy) is 4. The fourth-order valence-electron chi connectivity index (χ4n) is 2.96. The molecule has 1 aliphatic rings. The molecule has 28 heavy (non-hydrogen) atoms. The summed E-state index contributed by atoms with van der Waals surface area (Å²) in [6.07, 6.45) is 1.28. The molecule has 0 aromatic heterocycles. The Morgan fingerprint density at radius 2 is 2.00 bits per heavy atom. The normalized spacial score (nSPS) is 15.2. The van der Waals surface area contributed by atoms with Crippen molar-refractivity contribution in [2.75, 3.05) is 33.9 Å². The zero-order valence-electron chi connectivity index (χ0n) is 17.2. The van der Waals surface area contributed by atoms with Gasteiger partial charge in [-0.25, -0.2) is 9.59 Å². The van der Waals surface area contributed by atoms with Crippen LogP contribution in [0.3, 0.4) is 0 Å². The van der Waals surface area contributed by atoms with Gasteiger partial charge in [0.15, 0.2) is 0 Å². The van der Waals surface area contributed by atoms with Crippen LogP contribution in [-0.2, 0) is 14.3 Å². The van der Waals surface area contributed by atoms with Crippen molar-refractivity contribution in [1.29, 1.82) is 0 Å². The molecule has 0 fully saturated rings. The summed E-state index contributed by atoms with van der Waals surface area (Å²) in [6, 6.07) is 5.38. The number of hydrogen-bond acceptors (Lipinski definition) is 6. The molecule has 1 amide bonds. The van der Waals surface area contributed by atoms with E-state index < -0.39 is 18.2 Å². The third-order valence-electron chi connectivity index (χ3n) is 4.44. The Morgan fingerprint density at radius 3 is 2.61 bits per heavy atom. The van der Waals surface area contributed by atoms with E-state index in [-0.39, 0.29) is 13.2 Å². The maximum Gasteiger partial charge on any atom is 0.409 e. The number of hydrogen-bond donors (Lipinski definition) is 0. The van der Waals surface area contributed by atoms with E-state index in [4.69, 9.17) is 18.9 Å². The minimum absolute atomic E-state index is 0.195. The first kappa shape index (κ1) is 21.6. The first-order valence-electron chi connectivity index (χ1n) is 9.44. The number of carbonyl (C=O) groups is 2. The first-order chi connectivity index (χ1) is 13.4. The van der Waals surface area contributed by atoms with E-state index >= 15 is 0 Å². The van der Waals surface area contributed by atoms with Crippen LogP contribution in [0.4, 0.5) is 4.79 Å². The quantitative estimate of drug-likeness (QED) is 0.631. The maximum absolute atomic E-state index is 12.5. The molecule has 0 aliphatic carbocycles. The lowest BCUT2D eigenvalue weighted by Crippen LogP contribution is -2.41. The van der Waals surface area contributed by atoms with Gasteiger partial charge in [-0.15, -0.1) is 0 Å². The summed E-state index contributed by atoms with van der Waals surface area (Å²) in [5, 5.41) is 0. The van der Waals surface area contributed by atoms with Crippen molar-refractivity contribution in [2.45, 2.75) is 33.3 Å². The second kappa shape index (κ2) is 10.0. The molecule has 1 aliphatic heterocycles. The monoisotopic (exact) mass is 391 g/mol. The smallest absolute Gasteiger partial charge is 0.409 e. The summed E-state index contributed by atoms with van der Waals surface area (Å²) in [5.41, 5.74) is 1.35. The van der Waals surface area contributed by atoms with Crippen molar-refractivity contribution >= 4 is 18.1 Å². The molecule has 0 bridgehead atoms. The summed E-state index contributed by atoms with van der Waals surface area (Å²) in [4.78, 5) is 26.3. The van der Waals surface area contributed by atoms with E-state index in [9.17, 15) is 9.59 Å². The number of nitrogens with zero attached hydrogens (tertiary/aromatic N) is 1. The number of carbonyl (C=O) groups excluding carboxylic acids is 2. The molecule has 0 saturated heterocycles. The van der Waals surface area contributed by atoms with Crippen LogP contribution in [0.5, 0.6) is 11.5 Å². The van der Waals surface area contributed by atoms with E-state index in [0.717, 1.165) is 12.0 Å². The molecule has 1 heterocycles. The Labute approximate surface area is 166 Å². The van der Waals surface area contributed by atoms with Crippen LogP contribution in [0.2, 0.25) is 0 Å². The lowest BCUT2D eigenvalue weighted by Gasteiger charge is -2.30. The zero-order valence-corrected chi connectivity index (χ0v) is 17.2. The largest absolute Gasteiger partial charge is 0.496 e.